The van der Waals surface area contributed by atoms with Crippen LogP contribution in [0, 0.1) is 11.3 Å². The standard InChI is InChI=1S/C30H45N5O5/c1-30(2,3)25(28(38)33-24(27(37)31-4)20-11-6-5-7-12-20)34-26(36)23-16-22(17-32-23)40-29(39)35-15-14-19-10-8-9-13-21(19)18-35/h8-10,13,20,22-25,32H,5-7,11-12,14-18H2,1-4H3,(H,31,37)(H,33,38)(H,34,36)/t22-,23+,24-,25+/m0/s1. The number of rotatable bonds is 7. The molecule has 2 heterocycles. The summed E-state index contributed by atoms with van der Waals surface area (Å²) in [7, 11) is 1.58. The molecule has 4 rings (SSSR count). The number of fused-ring (bicyclic) bond motifs is 1. The molecule has 0 spiro atoms. The molecule has 10 heteroatoms. The van der Waals surface area contributed by atoms with Crippen molar-refractivity contribution in [3.63, 3.8) is 0 Å². The number of nitrogens with one attached hydrogen (secondary N) is 4. The Morgan fingerprint density at radius 3 is 2.38 bits per heavy atom. The van der Waals surface area contributed by atoms with Gasteiger partial charge in [0.15, 0.2) is 0 Å². The first-order chi connectivity index (χ1) is 19.1. The number of carbonyl (C=O) groups excluding carboxylic acids is 4. The quantitative estimate of drug-likeness (QED) is 0.409. The van der Waals surface area contributed by atoms with E-state index in [-0.39, 0.29) is 29.7 Å². The van der Waals surface area contributed by atoms with Crippen LogP contribution in [0.4, 0.5) is 4.79 Å². The maximum Gasteiger partial charge on any atom is 0.410 e. The van der Waals surface area contributed by atoms with Crippen molar-refractivity contribution in [2.24, 2.45) is 11.3 Å². The largest absolute Gasteiger partial charge is 0.445 e. The molecule has 220 valence electrons. The van der Waals surface area contributed by atoms with E-state index in [4.69, 9.17) is 4.74 Å². The maximum absolute atomic E-state index is 13.5. The molecule has 10 nitrogen and oxygen atoms in total. The van der Waals surface area contributed by atoms with Gasteiger partial charge in [0.25, 0.3) is 0 Å². The molecule has 1 aromatic rings. The molecular formula is C30H45N5O5. The number of likely N-dealkylation sites (N-methyl/N-ethyl adjacent to an activating group) is 1. The van der Waals surface area contributed by atoms with Gasteiger partial charge in [-0.15, -0.1) is 0 Å². The van der Waals surface area contributed by atoms with Gasteiger partial charge >= 0.3 is 6.09 Å². The second-order valence-corrected chi connectivity index (χ2v) is 12.4. The van der Waals surface area contributed by atoms with Crippen LogP contribution < -0.4 is 21.3 Å². The normalized spacial score (nSPS) is 22.9. The molecule has 2 fully saturated rings. The highest BCUT2D eigenvalue weighted by atomic mass is 16.6. The Morgan fingerprint density at radius 1 is 1.00 bits per heavy atom. The van der Waals surface area contributed by atoms with Crippen LogP contribution in [0.1, 0.15) is 70.4 Å². The van der Waals surface area contributed by atoms with Crippen LogP contribution in [0.3, 0.4) is 0 Å². The minimum absolute atomic E-state index is 0.0781. The summed E-state index contributed by atoms with van der Waals surface area (Å²) in [5.74, 6) is -0.825. The fourth-order valence-electron chi connectivity index (χ4n) is 6.04. The Labute approximate surface area is 237 Å². The van der Waals surface area contributed by atoms with Gasteiger partial charge in [0.05, 0.1) is 6.04 Å². The zero-order chi connectivity index (χ0) is 28.9. The van der Waals surface area contributed by atoms with E-state index in [2.05, 4.69) is 27.3 Å². The highest BCUT2D eigenvalue weighted by Gasteiger charge is 2.40. The third-order valence-electron chi connectivity index (χ3n) is 8.43. The van der Waals surface area contributed by atoms with Crippen LogP contribution in [-0.2, 0) is 32.1 Å². The van der Waals surface area contributed by atoms with Crippen LogP contribution in [-0.4, -0.2) is 73.1 Å². The van der Waals surface area contributed by atoms with E-state index >= 15 is 0 Å². The van der Waals surface area contributed by atoms with Crippen molar-refractivity contribution in [3.8, 4) is 0 Å². The second kappa shape index (κ2) is 13.0. The number of benzene rings is 1. The molecule has 40 heavy (non-hydrogen) atoms. The lowest BCUT2D eigenvalue weighted by Gasteiger charge is -2.35. The number of amides is 4. The van der Waals surface area contributed by atoms with Gasteiger partial charge in [0, 0.05) is 33.1 Å². The molecule has 4 atom stereocenters. The maximum atomic E-state index is 13.5. The van der Waals surface area contributed by atoms with E-state index in [1.165, 1.54) is 5.56 Å². The first-order valence-corrected chi connectivity index (χ1v) is 14.6. The van der Waals surface area contributed by atoms with Crippen molar-refractivity contribution in [2.45, 2.75) is 96.5 Å². The fourth-order valence-corrected chi connectivity index (χ4v) is 6.04. The molecule has 2 aliphatic heterocycles. The first-order valence-electron chi connectivity index (χ1n) is 14.6. The second-order valence-electron chi connectivity index (χ2n) is 12.4. The van der Waals surface area contributed by atoms with E-state index in [0.29, 0.717) is 26.1 Å². The molecule has 1 saturated carbocycles. The highest BCUT2D eigenvalue weighted by molar-refractivity contribution is 5.93. The van der Waals surface area contributed by atoms with Crippen LogP contribution in [0.25, 0.3) is 0 Å². The molecular weight excluding hydrogens is 510 g/mol. The monoisotopic (exact) mass is 555 g/mol. The van der Waals surface area contributed by atoms with Crippen molar-refractivity contribution >= 4 is 23.8 Å². The van der Waals surface area contributed by atoms with Crippen molar-refractivity contribution in [3.05, 3.63) is 35.4 Å². The van der Waals surface area contributed by atoms with Crippen molar-refractivity contribution in [2.75, 3.05) is 20.1 Å². The van der Waals surface area contributed by atoms with Crippen LogP contribution in [0.2, 0.25) is 0 Å². The van der Waals surface area contributed by atoms with Gasteiger partial charge in [-0.05, 0) is 41.7 Å². The SMILES string of the molecule is CNC(=O)[C@@H](NC(=O)[C@@H](NC(=O)[C@H]1C[C@H](OC(=O)N2CCc3ccccc3C2)CN1)C(C)(C)C)C1CCCCC1. The Hall–Kier alpha value is -3.14. The lowest BCUT2D eigenvalue weighted by atomic mass is 9.82. The zero-order valence-corrected chi connectivity index (χ0v) is 24.3. The molecule has 0 aromatic heterocycles. The van der Waals surface area contributed by atoms with Gasteiger partial charge < -0.3 is 30.9 Å². The number of hydrogen-bond donors (Lipinski definition) is 4. The topological polar surface area (TPSA) is 129 Å². The van der Waals surface area contributed by atoms with E-state index < -0.39 is 29.6 Å². The van der Waals surface area contributed by atoms with Crippen LogP contribution in [0.15, 0.2) is 24.3 Å². The molecule has 0 unspecified atom stereocenters. The Morgan fingerprint density at radius 2 is 1.70 bits per heavy atom. The number of nitrogens with zero attached hydrogens (tertiary/aromatic N) is 1. The minimum atomic E-state index is -0.840. The van der Waals surface area contributed by atoms with Crippen molar-refractivity contribution in [1.29, 1.82) is 0 Å². The summed E-state index contributed by atoms with van der Waals surface area (Å²) < 4.78 is 5.75. The molecule has 4 N–H and O–H groups in total. The van der Waals surface area contributed by atoms with Crippen LogP contribution >= 0.6 is 0 Å². The Balaban J connectivity index is 1.32. The molecule has 1 aromatic carbocycles. The summed E-state index contributed by atoms with van der Waals surface area (Å²) in [6, 6.07) is 6.03. The van der Waals surface area contributed by atoms with Gasteiger partial charge in [-0.25, -0.2) is 4.79 Å². The van der Waals surface area contributed by atoms with Crippen LogP contribution in [0.5, 0.6) is 0 Å². The molecule has 1 aliphatic carbocycles. The van der Waals surface area contributed by atoms with E-state index in [1.807, 2.05) is 39.0 Å². The number of ether oxygens (including phenoxy) is 1. The number of carbonyl (C=O) groups is 4. The smallest absolute Gasteiger partial charge is 0.410 e. The van der Waals surface area contributed by atoms with Gasteiger partial charge in [-0.3, -0.25) is 14.4 Å². The highest BCUT2D eigenvalue weighted by Crippen LogP contribution is 2.28. The number of hydrogen-bond acceptors (Lipinski definition) is 6. The van der Waals surface area contributed by atoms with E-state index in [9.17, 15) is 19.2 Å². The summed E-state index contributed by atoms with van der Waals surface area (Å²) in [6.07, 6.45) is 5.29. The Kier molecular flexibility index (Phi) is 9.71. The summed E-state index contributed by atoms with van der Waals surface area (Å²) >= 11 is 0. The van der Waals surface area contributed by atoms with Crippen molar-refractivity contribution < 1.29 is 23.9 Å². The average Bonchev–Trinajstić information content (AvgIpc) is 3.42. The lowest BCUT2D eigenvalue weighted by molar-refractivity contribution is -0.135. The van der Waals surface area contributed by atoms with Gasteiger partial charge in [0.1, 0.15) is 18.2 Å². The zero-order valence-electron chi connectivity index (χ0n) is 24.3. The average molecular weight is 556 g/mol. The first kappa shape index (κ1) is 29.8. The third-order valence-corrected chi connectivity index (χ3v) is 8.43. The lowest BCUT2D eigenvalue weighted by Crippen LogP contribution is -2.60. The van der Waals surface area contributed by atoms with Gasteiger partial charge in [0.2, 0.25) is 17.7 Å². The molecule has 1 saturated heterocycles. The van der Waals surface area contributed by atoms with E-state index in [0.717, 1.165) is 44.1 Å². The molecule has 0 bridgehead atoms. The van der Waals surface area contributed by atoms with E-state index in [1.54, 1.807) is 11.9 Å². The molecule has 4 amide bonds. The molecule has 3 aliphatic rings. The molecule has 0 radical (unpaired) electrons. The summed E-state index contributed by atoms with van der Waals surface area (Å²) in [5, 5.41) is 11.7. The predicted octanol–water partition coefficient (Wildman–Crippen LogP) is 2.25. The minimum Gasteiger partial charge on any atom is -0.445 e. The fraction of sp³-hybridized carbons (Fsp3) is 0.667. The van der Waals surface area contributed by atoms with Crippen molar-refractivity contribution in [1.82, 2.24) is 26.2 Å². The summed E-state index contributed by atoms with van der Waals surface area (Å²) in [6.45, 7) is 7.13. The van der Waals surface area contributed by atoms with Gasteiger partial charge in [-0.2, -0.15) is 0 Å². The third kappa shape index (κ3) is 7.33. The predicted molar refractivity (Wildman–Crippen MR) is 151 cm³/mol. The Bertz CT molecular complexity index is 1080. The summed E-state index contributed by atoms with van der Waals surface area (Å²) in [4.78, 5) is 54.0. The summed E-state index contributed by atoms with van der Waals surface area (Å²) in [5.41, 5.74) is 1.79. The van der Waals surface area contributed by atoms with Gasteiger partial charge in [-0.1, -0.05) is 64.3 Å².